The van der Waals surface area contributed by atoms with Crippen molar-refractivity contribution in [2.75, 3.05) is 6.54 Å². The number of nitrogens with one attached hydrogen (secondary N) is 1. The number of carbonyl (C=O) groups excluding carboxylic acids is 1. The molecule has 1 amide bonds. The monoisotopic (exact) mass is 347 g/mol. The van der Waals surface area contributed by atoms with E-state index in [1.807, 2.05) is 36.4 Å². The molecule has 0 spiro atoms. The minimum absolute atomic E-state index is 0.130. The van der Waals surface area contributed by atoms with E-state index in [0.29, 0.717) is 30.3 Å². The zero-order valence-corrected chi connectivity index (χ0v) is 14.4. The Bertz CT molecular complexity index is 866. The molecule has 2 aromatic carbocycles. The SMILES string of the molecule is NCc1ccnc(Oc2cccc(C(=O)NCCc3ccccc3)c2)c1. The Morgan fingerprint density at radius 3 is 2.65 bits per heavy atom. The zero-order chi connectivity index (χ0) is 18.2. The summed E-state index contributed by atoms with van der Waals surface area (Å²) >= 11 is 0. The number of ether oxygens (including phenoxy) is 1. The molecule has 3 rings (SSSR count). The fourth-order valence-electron chi connectivity index (χ4n) is 2.52. The summed E-state index contributed by atoms with van der Waals surface area (Å²) in [5.74, 6) is 0.881. The van der Waals surface area contributed by atoms with Crippen molar-refractivity contribution in [1.82, 2.24) is 10.3 Å². The summed E-state index contributed by atoms with van der Waals surface area (Å²) in [6.07, 6.45) is 2.44. The maximum absolute atomic E-state index is 12.3. The van der Waals surface area contributed by atoms with Gasteiger partial charge in [0.1, 0.15) is 5.75 Å². The van der Waals surface area contributed by atoms with Gasteiger partial charge in [-0.05, 0) is 41.8 Å². The summed E-state index contributed by atoms with van der Waals surface area (Å²) in [7, 11) is 0. The molecule has 0 saturated heterocycles. The van der Waals surface area contributed by atoms with Gasteiger partial charge in [-0.2, -0.15) is 0 Å². The fraction of sp³-hybridized carbons (Fsp3) is 0.143. The Morgan fingerprint density at radius 2 is 1.85 bits per heavy atom. The Labute approximate surface area is 152 Å². The smallest absolute Gasteiger partial charge is 0.251 e. The number of nitrogens with two attached hydrogens (primary N) is 1. The second-order valence-electron chi connectivity index (χ2n) is 5.83. The van der Waals surface area contributed by atoms with Crippen molar-refractivity contribution < 1.29 is 9.53 Å². The van der Waals surface area contributed by atoms with E-state index in [1.165, 1.54) is 5.56 Å². The molecule has 132 valence electrons. The number of hydrogen-bond donors (Lipinski definition) is 2. The molecule has 0 fully saturated rings. The molecule has 0 saturated carbocycles. The lowest BCUT2D eigenvalue weighted by atomic mass is 10.1. The topological polar surface area (TPSA) is 77.2 Å². The molecule has 0 radical (unpaired) electrons. The Morgan fingerprint density at radius 1 is 1.00 bits per heavy atom. The van der Waals surface area contributed by atoms with E-state index in [1.54, 1.807) is 36.5 Å². The normalized spacial score (nSPS) is 10.3. The van der Waals surface area contributed by atoms with Crippen LogP contribution in [0.2, 0.25) is 0 Å². The van der Waals surface area contributed by atoms with E-state index in [4.69, 9.17) is 10.5 Å². The van der Waals surface area contributed by atoms with Gasteiger partial charge < -0.3 is 15.8 Å². The van der Waals surface area contributed by atoms with Gasteiger partial charge in [-0.3, -0.25) is 4.79 Å². The predicted molar refractivity (Wildman–Crippen MR) is 101 cm³/mol. The number of rotatable bonds is 7. The quantitative estimate of drug-likeness (QED) is 0.687. The Hall–Kier alpha value is -3.18. The number of amides is 1. The number of benzene rings is 2. The predicted octanol–water partition coefficient (Wildman–Crippen LogP) is 3.31. The van der Waals surface area contributed by atoms with E-state index in [2.05, 4.69) is 10.3 Å². The molecule has 3 N–H and O–H groups in total. The molecule has 3 aromatic rings. The van der Waals surface area contributed by atoms with E-state index < -0.39 is 0 Å². The Balaban J connectivity index is 1.60. The van der Waals surface area contributed by atoms with Crippen LogP contribution in [0.15, 0.2) is 72.9 Å². The van der Waals surface area contributed by atoms with Crippen LogP contribution < -0.4 is 15.8 Å². The van der Waals surface area contributed by atoms with Crippen LogP contribution in [0.5, 0.6) is 11.6 Å². The summed E-state index contributed by atoms with van der Waals surface area (Å²) in [5, 5.41) is 2.93. The molecule has 1 heterocycles. The third kappa shape index (κ3) is 4.91. The van der Waals surface area contributed by atoms with Crippen molar-refractivity contribution >= 4 is 5.91 Å². The molecule has 0 aliphatic heterocycles. The third-order valence-electron chi connectivity index (χ3n) is 3.90. The largest absolute Gasteiger partial charge is 0.439 e. The summed E-state index contributed by atoms with van der Waals surface area (Å²) in [6, 6.07) is 20.7. The first-order chi connectivity index (χ1) is 12.7. The first kappa shape index (κ1) is 17.6. The molecular formula is C21H21N3O2. The lowest BCUT2D eigenvalue weighted by Gasteiger charge is -2.09. The molecule has 26 heavy (non-hydrogen) atoms. The van der Waals surface area contributed by atoms with E-state index in [9.17, 15) is 4.79 Å². The fourth-order valence-corrected chi connectivity index (χ4v) is 2.52. The standard InChI is InChI=1S/C21H21N3O2/c22-15-17-10-11-23-20(13-17)26-19-8-4-7-18(14-19)21(25)24-12-9-16-5-2-1-3-6-16/h1-8,10-11,13-14H,9,12,15,22H2,(H,24,25). The van der Waals surface area contributed by atoms with Gasteiger partial charge in [0.2, 0.25) is 5.88 Å². The van der Waals surface area contributed by atoms with Crippen molar-refractivity contribution in [2.45, 2.75) is 13.0 Å². The van der Waals surface area contributed by atoms with E-state index >= 15 is 0 Å². The van der Waals surface area contributed by atoms with Crippen LogP contribution in [0.1, 0.15) is 21.5 Å². The third-order valence-corrected chi connectivity index (χ3v) is 3.90. The average Bonchev–Trinajstić information content (AvgIpc) is 2.69. The lowest BCUT2D eigenvalue weighted by molar-refractivity contribution is 0.0954. The highest BCUT2D eigenvalue weighted by molar-refractivity contribution is 5.94. The molecule has 5 nitrogen and oxygen atoms in total. The maximum atomic E-state index is 12.3. The van der Waals surface area contributed by atoms with Crippen LogP contribution in [0.3, 0.4) is 0 Å². The molecule has 0 atom stereocenters. The summed E-state index contributed by atoms with van der Waals surface area (Å²) < 4.78 is 5.74. The van der Waals surface area contributed by atoms with Crippen molar-refractivity contribution in [1.29, 1.82) is 0 Å². The Kier molecular flexibility index (Phi) is 5.96. The second kappa shape index (κ2) is 8.78. The van der Waals surface area contributed by atoms with Gasteiger partial charge in [-0.1, -0.05) is 36.4 Å². The first-order valence-electron chi connectivity index (χ1n) is 8.49. The molecular weight excluding hydrogens is 326 g/mol. The number of aromatic nitrogens is 1. The van der Waals surface area contributed by atoms with Gasteiger partial charge in [-0.25, -0.2) is 4.98 Å². The van der Waals surface area contributed by atoms with Gasteiger partial charge in [-0.15, -0.1) is 0 Å². The van der Waals surface area contributed by atoms with Crippen LogP contribution in [0.25, 0.3) is 0 Å². The highest BCUT2D eigenvalue weighted by Gasteiger charge is 2.07. The van der Waals surface area contributed by atoms with Gasteiger partial charge in [0.05, 0.1) is 0 Å². The summed E-state index contributed by atoms with van der Waals surface area (Å²) in [6.45, 7) is 0.997. The van der Waals surface area contributed by atoms with Crippen molar-refractivity contribution in [3.8, 4) is 11.6 Å². The zero-order valence-electron chi connectivity index (χ0n) is 14.4. The van der Waals surface area contributed by atoms with E-state index in [0.717, 1.165) is 12.0 Å². The highest BCUT2D eigenvalue weighted by Crippen LogP contribution is 2.21. The number of carbonyl (C=O) groups is 1. The average molecular weight is 347 g/mol. The summed E-state index contributed by atoms with van der Waals surface area (Å²) in [5.41, 5.74) is 8.30. The molecule has 0 unspecified atom stereocenters. The number of pyridine rings is 1. The van der Waals surface area contributed by atoms with Gasteiger partial charge in [0.15, 0.2) is 0 Å². The van der Waals surface area contributed by atoms with Crippen molar-refractivity contribution in [2.24, 2.45) is 5.73 Å². The molecule has 0 aliphatic carbocycles. The highest BCUT2D eigenvalue weighted by atomic mass is 16.5. The van der Waals surface area contributed by atoms with Crippen LogP contribution in [-0.2, 0) is 13.0 Å². The van der Waals surface area contributed by atoms with Crippen molar-refractivity contribution in [3.63, 3.8) is 0 Å². The molecule has 1 aromatic heterocycles. The second-order valence-corrected chi connectivity index (χ2v) is 5.83. The summed E-state index contributed by atoms with van der Waals surface area (Å²) in [4.78, 5) is 16.5. The minimum Gasteiger partial charge on any atom is -0.439 e. The van der Waals surface area contributed by atoms with Crippen LogP contribution >= 0.6 is 0 Å². The van der Waals surface area contributed by atoms with Crippen LogP contribution in [-0.4, -0.2) is 17.4 Å². The van der Waals surface area contributed by atoms with Gasteiger partial charge in [0, 0.05) is 30.9 Å². The molecule has 5 heteroatoms. The number of hydrogen-bond acceptors (Lipinski definition) is 4. The van der Waals surface area contributed by atoms with Crippen LogP contribution in [0, 0.1) is 0 Å². The first-order valence-corrected chi connectivity index (χ1v) is 8.49. The van der Waals surface area contributed by atoms with Crippen LogP contribution in [0.4, 0.5) is 0 Å². The lowest BCUT2D eigenvalue weighted by Crippen LogP contribution is -2.25. The molecule has 0 aliphatic rings. The van der Waals surface area contributed by atoms with Gasteiger partial charge >= 0.3 is 0 Å². The van der Waals surface area contributed by atoms with Gasteiger partial charge in [0.25, 0.3) is 5.91 Å². The molecule has 0 bridgehead atoms. The van der Waals surface area contributed by atoms with Crippen molar-refractivity contribution in [3.05, 3.63) is 89.6 Å². The van der Waals surface area contributed by atoms with E-state index in [-0.39, 0.29) is 5.91 Å². The number of nitrogens with zero attached hydrogens (tertiary/aromatic N) is 1. The maximum Gasteiger partial charge on any atom is 0.251 e. The minimum atomic E-state index is -0.130.